The third-order valence-electron chi connectivity index (χ3n) is 5.37. The summed E-state index contributed by atoms with van der Waals surface area (Å²) in [7, 11) is 0. The second-order valence-corrected chi connectivity index (χ2v) is 7.31. The van der Waals surface area contributed by atoms with Gasteiger partial charge < -0.3 is 14.5 Å². The minimum Gasteiger partial charge on any atom is -0.449 e. The number of esters is 1. The molecule has 0 unspecified atom stereocenters. The van der Waals surface area contributed by atoms with Gasteiger partial charge >= 0.3 is 5.97 Å². The van der Waals surface area contributed by atoms with Gasteiger partial charge in [0.1, 0.15) is 5.52 Å². The van der Waals surface area contributed by atoms with E-state index in [1.165, 1.54) is 18.6 Å². The molecule has 0 aliphatic heterocycles. The molecule has 0 bridgehead atoms. The molecule has 0 spiro atoms. The lowest BCUT2D eigenvalue weighted by atomic mass is 9.78. The molecule has 6 heteroatoms. The van der Waals surface area contributed by atoms with Crippen LogP contribution in [0.4, 0.5) is 0 Å². The van der Waals surface area contributed by atoms with Crippen LogP contribution >= 0.6 is 0 Å². The number of oxazole rings is 1. The number of hydrogen-bond acceptors (Lipinski definition) is 5. The molecule has 1 aliphatic carbocycles. The lowest BCUT2D eigenvalue weighted by molar-refractivity contribution is -0.150. The molecule has 27 heavy (non-hydrogen) atoms. The molecule has 144 valence electrons. The Morgan fingerprint density at radius 3 is 2.85 bits per heavy atom. The Balaban J connectivity index is 1.52. The van der Waals surface area contributed by atoms with Gasteiger partial charge in [-0.25, -0.2) is 9.78 Å². The molecular weight excluding hydrogens is 344 g/mol. The maximum Gasteiger partial charge on any atom is 0.331 e. The van der Waals surface area contributed by atoms with E-state index in [0.717, 1.165) is 12.8 Å². The van der Waals surface area contributed by atoms with E-state index in [-0.39, 0.29) is 11.9 Å². The predicted octanol–water partition coefficient (Wildman–Crippen LogP) is 3.71. The molecule has 3 rings (SSSR count). The minimum atomic E-state index is -0.852. The first-order valence-corrected chi connectivity index (χ1v) is 9.48. The van der Waals surface area contributed by atoms with E-state index < -0.39 is 12.1 Å². The molecule has 4 atom stereocenters. The summed E-state index contributed by atoms with van der Waals surface area (Å²) in [6.07, 6.45) is 5.08. The molecule has 1 aliphatic rings. The van der Waals surface area contributed by atoms with Crippen molar-refractivity contribution in [1.29, 1.82) is 0 Å². The topological polar surface area (TPSA) is 81.4 Å². The van der Waals surface area contributed by atoms with Crippen molar-refractivity contribution < 1.29 is 18.7 Å². The van der Waals surface area contributed by atoms with Crippen LogP contribution in [0.2, 0.25) is 0 Å². The number of rotatable bonds is 5. The number of ether oxygens (including phenoxy) is 1. The first kappa shape index (κ1) is 19.1. The lowest BCUT2D eigenvalue weighted by Gasteiger charge is -2.35. The monoisotopic (exact) mass is 370 g/mol. The first-order chi connectivity index (χ1) is 12.9. The summed E-state index contributed by atoms with van der Waals surface area (Å²) in [6, 6.07) is 7.48. The number of para-hydroxylation sites is 2. The third kappa shape index (κ3) is 4.76. The van der Waals surface area contributed by atoms with E-state index in [2.05, 4.69) is 24.1 Å². The van der Waals surface area contributed by atoms with Crippen molar-refractivity contribution in [3.8, 4) is 0 Å². The number of nitrogens with one attached hydrogen (secondary N) is 1. The van der Waals surface area contributed by atoms with Gasteiger partial charge in [0.05, 0.1) is 0 Å². The number of benzene rings is 1. The first-order valence-electron chi connectivity index (χ1n) is 9.48. The fourth-order valence-electron chi connectivity index (χ4n) is 3.45. The summed E-state index contributed by atoms with van der Waals surface area (Å²) in [5.41, 5.74) is 1.36. The quantitative estimate of drug-likeness (QED) is 0.641. The van der Waals surface area contributed by atoms with E-state index in [9.17, 15) is 9.59 Å². The molecule has 1 saturated carbocycles. The summed E-state index contributed by atoms with van der Waals surface area (Å²) < 4.78 is 10.7. The van der Waals surface area contributed by atoms with Crippen molar-refractivity contribution in [2.75, 3.05) is 0 Å². The van der Waals surface area contributed by atoms with Crippen LogP contribution in [0.25, 0.3) is 17.2 Å². The average molecular weight is 370 g/mol. The number of amides is 1. The Bertz CT molecular complexity index is 809. The Kier molecular flexibility index (Phi) is 5.94. The number of aromatic nitrogens is 1. The summed E-state index contributed by atoms with van der Waals surface area (Å²) in [5.74, 6) is 0.454. The van der Waals surface area contributed by atoms with E-state index in [1.807, 2.05) is 18.2 Å². The Morgan fingerprint density at radius 1 is 1.30 bits per heavy atom. The second kappa shape index (κ2) is 8.37. The van der Waals surface area contributed by atoms with Crippen molar-refractivity contribution >= 4 is 29.1 Å². The van der Waals surface area contributed by atoms with Gasteiger partial charge in [-0.3, -0.25) is 4.79 Å². The van der Waals surface area contributed by atoms with Crippen LogP contribution < -0.4 is 5.32 Å². The smallest absolute Gasteiger partial charge is 0.331 e. The van der Waals surface area contributed by atoms with Gasteiger partial charge in [0, 0.05) is 18.2 Å². The molecule has 0 saturated heterocycles. The van der Waals surface area contributed by atoms with E-state index >= 15 is 0 Å². The van der Waals surface area contributed by atoms with Crippen LogP contribution in [-0.4, -0.2) is 29.0 Å². The average Bonchev–Trinajstić information content (AvgIpc) is 3.06. The highest BCUT2D eigenvalue weighted by molar-refractivity contribution is 5.90. The molecule has 1 amide bonds. The zero-order valence-electron chi connectivity index (χ0n) is 16.0. The number of carbonyl (C=O) groups is 2. The standard InChI is InChI=1S/C21H26N2O4/c1-13-7-6-9-16(14(13)2)23-21(25)15(3)26-20(24)12-11-19-22-17-8-4-5-10-18(17)27-19/h4-5,8,10-16H,6-7,9H2,1-3H3,(H,23,25)/b12-11+/t13-,14+,15+,16-/m0/s1. The normalized spacial score (nSPS) is 24.0. The third-order valence-corrected chi connectivity index (χ3v) is 5.37. The summed E-state index contributed by atoms with van der Waals surface area (Å²) in [6.45, 7) is 5.95. The van der Waals surface area contributed by atoms with E-state index in [0.29, 0.717) is 28.8 Å². The zero-order valence-corrected chi connectivity index (χ0v) is 16.0. The van der Waals surface area contributed by atoms with Crippen LogP contribution in [0, 0.1) is 11.8 Å². The number of hydrogen-bond donors (Lipinski definition) is 1. The van der Waals surface area contributed by atoms with Crippen LogP contribution in [0.15, 0.2) is 34.8 Å². The van der Waals surface area contributed by atoms with Crippen molar-refractivity contribution in [2.24, 2.45) is 11.8 Å². The molecule has 2 aromatic rings. The van der Waals surface area contributed by atoms with Crippen molar-refractivity contribution in [3.05, 3.63) is 36.2 Å². The fraction of sp³-hybridized carbons (Fsp3) is 0.476. The van der Waals surface area contributed by atoms with Gasteiger partial charge in [0.15, 0.2) is 11.7 Å². The molecule has 0 radical (unpaired) electrons. The molecule has 1 aromatic heterocycles. The van der Waals surface area contributed by atoms with Crippen molar-refractivity contribution in [2.45, 2.75) is 52.2 Å². The van der Waals surface area contributed by atoms with Gasteiger partial charge in [0.25, 0.3) is 5.91 Å². The maximum absolute atomic E-state index is 12.3. The highest BCUT2D eigenvalue weighted by Crippen LogP contribution is 2.29. The van der Waals surface area contributed by atoms with Gasteiger partial charge in [-0.2, -0.15) is 0 Å². The summed E-state index contributed by atoms with van der Waals surface area (Å²) in [5, 5.41) is 3.02. The van der Waals surface area contributed by atoms with Gasteiger partial charge in [0.2, 0.25) is 5.89 Å². The zero-order chi connectivity index (χ0) is 19.4. The Morgan fingerprint density at radius 2 is 2.07 bits per heavy atom. The van der Waals surface area contributed by atoms with Gasteiger partial charge in [-0.1, -0.05) is 38.8 Å². The number of fused-ring (bicyclic) bond motifs is 1. The van der Waals surface area contributed by atoms with Crippen molar-refractivity contribution in [1.82, 2.24) is 10.3 Å². The molecule has 1 N–H and O–H groups in total. The van der Waals surface area contributed by atoms with E-state index in [4.69, 9.17) is 9.15 Å². The maximum atomic E-state index is 12.3. The largest absolute Gasteiger partial charge is 0.449 e. The second-order valence-electron chi connectivity index (χ2n) is 7.31. The van der Waals surface area contributed by atoms with Crippen LogP contribution in [0.1, 0.15) is 45.9 Å². The van der Waals surface area contributed by atoms with Crippen LogP contribution in [0.3, 0.4) is 0 Å². The van der Waals surface area contributed by atoms with Crippen LogP contribution in [0.5, 0.6) is 0 Å². The fourth-order valence-corrected chi connectivity index (χ4v) is 3.45. The molecule has 1 heterocycles. The predicted molar refractivity (Wildman–Crippen MR) is 103 cm³/mol. The number of carbonyl (C=O) groups excluding carboxylic acids is 2. The number of nitrogens with zero attached hydrogens (tertiary/aromatic N) is 1. The van der Waals surface area contributed by atoms with Gasteiger partial charge in [-0.05, 0) is 37.3 Å². The van der Waals surface area contributed by atoms with Crippen LogP contribution in [-0.2, 0) is 14.3 Å². The molecule has 1 fully saturated rings. The van der Waals surface area contributed by atoms with Crippen molar-refractivity contribution in [3.63, 3.8) is 0 Å². The molecule has 6 nitrogen and oxygen atoms in total. The van der Waals surface area contributed by atoms with E-state index in [1.54, 1.807) is 13.0 Å². The molecular formula is C21H26N2O4. The highest BCUT2D eigenvalue weighted by atomic mass is 16.5. The Hall–Kier alpha value is -2.63. The summed E-state index contributed by atoms with van der Waals surface area (Å²) >= 11 is 0. The Labute approximate surface area is 159 Å². The summed E-state index contributed by atoms with van der Waals surface area (Å²) in [4.78, 5) is 28.6. The molecule has 1 aromatic carbocycles. The highest BCUT2D eigenvalue weighted by Gasteiger charge is 2.29. The SMILES string of the molecule is C[C@H]1[C@@H](NC(=O)[C@@H](C)OC(=O)/C=C/c2nc3ccccc3o2)CCC[C@@H]1C. The lowest BCUT2D eigenvalue weighted by Crippen LogP contribution is -2.47. The minimum absolute atomic E-state index is 0.137. The van der Waals surface area contributed by atoms with Gasteiger partial charge in [-0.15, -0.1) is 0 Å².